The first-order valence-electron chi connectivity index (χ1n) is 15.1. The Morgan fingerprint density at radius 2 is 1.98 bits per heavy atom. The van der Waals surface area contributed by atoms with Crippen LogP contribution < -0.4 is 14.4 Å². The number of nitrogens with zero attached hydrogens (tertiary/aromatic N) is 1. The Labute approximate surface area is 262 Å². The van der Waals surface area contributed by atoms with E-state index in [0.717, 1.165) is 48.9 Å². The van der Waals surface area contributed by atoms with Gasteiger partial charge in [-0.3, -0.25) is 4.79 Å². The van der Waals surface area contributed by atoms with Crippen molar-refractivity contribution in [2.75, 3.05) is 18.0 Å². The van der Waals surface area contributed by atoms with Crippen LogP contribution >= 0.6 is 11.6 Å². The van der Waals surface area contributed by atoms with Crippen molar-refractivity contribution in [1.82, 2.24) is 4.72 Å². The second kappa shape index (κ2) is 13.9. The molecule has 4 rings (SSSR count). The molecule has 2 aromatic carbocycles. The van der Waals surface area contributed by atoms with Crippen molar-refractivity contribution in [3.05, 3.63) is 83.4 Å². The van der Waals surface area contributed by atoms with Crippen molar-refractivity contribution >= 4 is 33.2 Å². The molecule has 0 spiro atoms. The molecule has 43 heavy (non-hydrogen) atoms. The minimum absolute atomic E-state index is 0.0783. The molecule has 2 N–H and O–H groups in total. The van der Waals surface area contributed by atoms with E-state index in [2.05, 4.69) is 29.7 Å². The van der Waals surface area contributed by atoms with Gasteiger partial charge in [-0.05, 0) is 104 Å². The summed E-state index contributed by atoms with van der Waals surface area (Å²) in [5.41, 5.74) is 3.02. The number of anilines is 1. The van der Waals surface area contributed by atoms with Gasteiger partial charge in [-0.15, -0.1) is 13.2 Å². The number of benzene rings is 2. The van der Waals surface area contributed by atoms with Crippen molar-refractivity contribution in [2.24, 2.45) is 17.3 Å². The minimum atomic E-state index is -3.91. The third-order valence-electron chi connectivity index (χ3n) is 9.43. The summed E-state index contributed by atoms with van der Waals surface area (Å²) in [4.78, 5) is 15.6. The highest BCUT2D eigenvalue weighted by Crippen LogP contribution is 2.50. The molecule has 2 aliphatic rings. The molecule has 1 amide bonds. The maximum absolute atomic E-state index is 13.4. The average molecular weight is 629 g/mol. The van der Waals surface area contributed by atoms with Gasteiger partial charge < -0.3 is 14.7 Å². The van der Waals surface area contributed by atoms with E-state index in [4.69, 9.17) is 16.3 Å². The molecule has 1 aliphatic carbocycles. The van der Waals surface area contributed by atoms with Crippen LogP contribution in [0.3, 0.4) is 0 Å². The van der Waals surface area contributed by atoms with Gasteiger partial charge in [-0.25, -0.2) is 13.1 Å². The number of aliphatic hydroxyl groups is 1. The summed E-state index contributed by atoms with van der Waals surface area (Å²) in [5.74, 6) is -0.183. The number of aryl methyl sites for hydroxylation is 1. The minimum Gasteiger partial charge on any atom is -0.487 e. The molecule has 7 nitrogen and oxygen atoms in total. The molecule has 0 bridgehead atoms. The van der Waals surface area contributed by atoms with Crippen LogP contribution in [0.4, 0.5) is 5.69 Å². The van der Waals surface area contributed by atoms with Crippen LogP contribution in [0.15, 0.2) is 61.7 Å². The Kier molecular flexibility index (Phi) is 10.7. The third kappa shape index (κ3) is 7.65. The number of allylic oxidation sites excluding steroid dienone is 1. The first-order chi connectivity index (χ1) is 20.4. The second-order valence-corrected chi connectivity index (χ2v) is 14.9. The van der Waals surface area contributed by atoms with E-state index in [1.54, 1.807) is 37.3 Å². The molecule has 1 aliphatic heterocycles. The van der Waals surface area contributed by atoms with Gasteiger partial charge in [-0.1, -0.05) is 43.7 Å². The summed E-state index contributed by atoms with van der Waals surface area (Å²) in [6.45, 7) is 14.8. The molecule has 1 fully saturated rings. The Morgan fingerprint density at radius 1 is 1.21 bits per heavy atom. The second-order valence-electron chi connectivity index (χ2n) is 12.5. The van der Waals surface area contributed by atoms with Gasteiger partial charge in [0, 0.05) is 23.7 Å². The first kappa shape index (κ1) is 33.1. The smallest absolute Gasteiger partial charge is 0.264 e. The zero-order valence-electron chi connectivity index (χ0n) is 25.5. The maximum atomic E-state index is 13.4. The number of sulfonamides is 1. The highest BCUT2D eigenvalue weighted by atomic mass is 35.5. The summed E-state index contributed by atoms with van der Waals surface area (Å²) in [7, 11) is -3.91. The number of hydrogen-bond acceptors (Lipinski definition) is 6. The fraction of sp³-hybridized carbons (Fsp3) is 0.500. The molecular weight excluding hydrogens is 584 g/mol. The number of halogens is 1. The molecule has 0 saturated heterocycles. The average Bonchev–Trinajstić information content (AvgIpc) is 2.99. The number of rotatable bonds is 10. The van der Waals surface area contributed by atoms with Crippen molar-refractivity contribution in [1.29, 1.82) is 0 Å². The number of fused-ring (bicyclic) bond motifs is 2. The zero-order chi connectivity index (χ0) is 31.4. The molecule has 5 atom stereocenters. The Bertz CT molecular complexity index is 1440. The van der Waals surface area contributed by atoms with Crippen LogP contribution in [0, 0.1) is 17.3 Å². The van der Waals surface area contributed by atoms with E-state index < -0.39 is 27.3 Å². The SMILES string of the molecule is C=CC[C@H](C)[C@@H](C)S(=O)(=O)NC(=O)c1ccc2c(c1)N(CC1(C)CC[C@H]1[C@@H](O)C=C)CCCCc1cc(Cl)ccc1CO2. The Morgan fingerprint density at radius 3 is 2.65 bits per heavy atom. The van der Waals surface area contributed by atoms with Crippen LogP contribution in [0.5, 0.6) is 5.75 Å². The monoisotopic (exact) mass is 628 g/mol. The number of carbonyl (C=O) groups is 1. The van der Waals surface area contributed by atoms with E-state index in [9.17, 15) is 18.3 Å². The van der Waals surface area contributed by atoms with Crippen molar-refractivity contribution in [2.45, 2.75) is 77.3 Å². The number of ether oxygens (including phenoxy) is 1. The summed E-state index contributed by atoms with van der Waals surface area (Å²) in [6.07, 6.45) is 7.79. The van der Waals surface area contributed by atoms with Crippen LogP contribution in [0.25, 0.3) is 0 Å². The molecule has 1 saturated carbocycles. The number of nitrogens with one attached hydrogen (secondary N) is 1. The van der Waals surface area contributed by atoms with Gasteiger partial charge in [0.1, 0.15) is 12.4 Å². The lowest BCUT2D eigenvalue weighted by Gasteiger charge is -2.51. The van der Waals surface area contributed by atoms with Gasteiger partial charge >= 0.3 is 0 Å². The number of amides is 1. The quantitative estimate of drug-likeness (QED) is 0.285. The highest BCUT2D eigenvalue weighted by molar-refractivity contribution is 7.90. The lowest BCUT2D eigenvalue weighted by molar-refractivity contribution is -0.0238. The topological polar surface area (TPSA) is 95.9 Å². The zero-order valence-corrected chi connectivity index (χ0v) is 27.1. The van der Waals surface area contributed by atoms with Crippen molar-refractivity contribution in [3.63, 3.8) is 0 Å². The van der Waals surface area contributed by atoms with Crippen LogP contribution in [0.1, 0.15) is 74.4 Å². The largest absolute Gasteiger partial charge is 0.487 e. The molecule has 0 radical (unpaired) electrons. The van der Waals surface area contributed by atoms with E-state index in [-0.39, 0.29) is 22.8 Å². The third-order valence-corrected chi connectivity index (χ3v) is 11.6. The molecule has 2 aromatic rings. The van der Waals surface area contributed by atoms with E-state index in [1.807, 2.05) is 25.1 Å². The van der Waals surface area contributed by atoms with Crippen LogP contribution in [-0.2, 0) is 23.1 Å². The highest BCUT2D eigenvalue weighted by Gasteiger charge is 2.46. The molecule has 0 aromatic heterocycles. The summed E-state index contributed by atoms with van der Waals surface area (Å²) < 4.78 is 34.8. The standard InChI is InChI=1S/C34H45ClN2O5S/c1-6-10-23(3)24(4)43(40,41)36-33(39)26-13-15-32-30(20-26)37(22-34(5)17-16-29(34)31(38)7-2)18-9-8-11-25-19-28(35)14-12-27(25)21-42-32/h6-7,12-15,19-20,23-24,29,31,38H,1-2,8-11,16-18,21-22H2,3-5H3,(H,36,39)/t23-,24+,29-,31-,34?/m0/s1. The van der Waals surface area contributed by atoms with E-state index in [1.165, 1.54) is 0 Å². The van der Waals surface area contributed by atoms with Gasteiger partial charge in [0.2, 0.25) is 10.0 Å². The number of hydrogen-bond donors (Lipinski definition) is 2. The molecular formula is C34H45ClN2O5S. The summed E-state index contributed by atoms with van der Waals surface area (Å²) in [6, 6.07) is 10.9. The van der Waals surface area contributed by atoms with Crippen molar-refractivity contribution < 1.29 is 23.1 Å². The Balaban J connectivity index is 1.69. The number of aliphatic hydroxyl groups excluding tert-OH is 1. The van der Waals surface area contributed by atoms with Crippen LogP contribution in [-0.4, -0.2) is 43.9 Å². The van der Waals surface area contributed by atoms with Gasteiger partial charge in [0.05, 0.1) is 17.0 Å². The maximum Gasteiger partial charge on any atom is 0.264 e. The fourth-order valence-corrected chi connectivity index (χ4v) is 7.76. The lowest BCUT2D eigenvalue weighted by Crippen LogP contribution is -2.51. The van der Waals surface area contributed by atoms with Gasteiger partial charge in [-0.2, -0.15) is 0 Å². The van der Waals surface area contributed by atoms with E-state index in [0.29, 0.717) is 36.9 Å². The van der Waals surface area contributed by atoms with Crippen LogP contribution in [0.2, 0.25) is 5.02 Å². The predicted molar refractivity (Wildman–Crippen MR) is 174 cm³/mol. The summed E-state index contributed by atoms with van der Waals surface area (Å²) >= 11 is 6.31. The van der Waals surface area contributed by atoms with Crippen molar-refractivity contribution in [3.8, 4) is 5.75 Å². The Hall–Kier alpha value is -2.81. The number of carbonyl (C=O) groups excluding carboxylic acids is 1. The molecule has 1 unspecified atom stereocenters. The lowest BCUT2D eigenvalue weighted by atomic mass is 9.58. The molecule has 1 heterocycles. The summed E-state index contributed by atoms with van der Waals surface area (Å²) in [5, 5.41) is 10.6. The van der Waals surface area contributed by atoms with Gasteiger partial charge in [0.25, 0.3) is 5.91 Å². The molecule has 234 valence electrons. The normalized spacial score (nSPS) is 22.7. The first-order valence-corrected chi connectivity index (χ1v) is 17.1. The molecule has 9 heteroatoms. The van der Waals surface area contributed by atoms with Gasteiger partial charge in [0.15, 0.2) is 0 Å². The predicted octanol–water partition coefficient (Wildman–Crippen LogP) is 6.69. The fourth-order valence-electron chi connectivity index (χ4n) is 6.28. The van der Waals surface area contributed by atoms with E-state index >= 15 is 0 Å².